The van der Waals surface area contributed by atoms with E-state index in [9.17, 15) is 4.79 Å². The van der Waals surface area contributed by atoms with Gasteiger partial charge in [-0.3, -0.25) is 0 Å². The van der Waals surface area contributed by atoms with Crippen molar-refractivity contribution in [2.45, 2.75) is 46.3 Å². The van der Waals surface area contributed by atoms with Gasteiger partial charge in [-0.15, -0.1) is 0 Å². The Labute approximate surface area is 118 Å². The first kappa shape index (κ1) is 14.4. The van der Waals surface area contributed by atoms with E-state index in [1.54, 1.807) is 18.2 Å². The minimum atomic E-state index is -0.505. The fraction of sp³-hybridized carbons (Fsp3) is 0.467. The second-order valence-corrected chi connectivity index (χ2v) is 5.83. The maximum atomic E-state index is 12.1. The molecule has 0 atom stereocenters. The molecule has 2 rings (SSSR count). The number of imidazole rings is 1. The van der Waals surface area contributed by atoms with E-state index < -0.39 is 5.60 Å². The largest absolute Gasteiger partial charge is 0.456 e. The third kappa shape index (κ3) is 2.92. The van der Waals surface area contributed by atoms with Gasteiger partial charge in [0.25, 0.3) is 0 Å². The number of aryl methyl sites for hydroxylation is 1. The maximum Gasteiger partial charge on any atom is 0.338 e. The van der Waals surface area contributed by atoms with Crippen LogP contribution in [0.15, 0.2) is 18.2 Å². The third-order valence-electron chi connectivity index (χ3n) is 2.86. The number of benzene rings is 1. The molecular formula is C15H21N3O2. The Morgan fingerprint density at radius 1 is 1.40 bits per heavy atom. The maximum absolute atomic E-state index is 12.1. The molecule has 0 saturated heterocycles. The number of aromatic nitrogens is 2. The first-order chi connectivity index (χ1) is 9.31. The molecule has 2 aromatic rings. The summed E-state index contributed by atoms with van der Waals surface area (Å²) in [7, 11) is 0. The molecule has 0 aliphatic rings. The van der Waals surface area contributed by atoms with E-state index in [2.05, 4.69) is 11.9 Å². The Bertz CT molecular complexity index is 638. The fourth-order valence-electron chi connectivity index (χ4n) is 2.06. The van der Waals surface area contributed by atoms with Gasteiger partial charge >= 0.3 is 5.97 Å². The number of carbonyl (C=O) groups is 1. The quantitative estimate of drug-likeness (QED) is 0.874. The molecule has 1 aromatic carbocycles. The van der Waals surface area contributed by atoms with Gasteiger partial charge in [-0.05, 0) is 45.4 Å². The third-order valence-corrected chi connectivity index (χ3v) is 2.86. The highest BCUT2D eigenvalue weighted by atomic mass is 16.6. The standard InChI is InChI=1S/C15H21N3O2/c1-5-8-18-12-9-10(13(19)20-15(2,3)4)6-7-11(12)17-14(18)16/h6-7,9H,5,8H2,1-4H3,(H2,16,17). The Balaban J connectivity index is 2.42. The topological polar surface area (TPSA) is 70.1 Å². The molecule has 0 fully saturated rings. The van der Waals surface area contributed by atoms with Crippen LogP contribution in [0.4, 0.5) is 5.95 Å². The first-order valence-electron chi connectivity index (χ1n) is 6.81. The highest BCUT2D eigenvalue weighted by Crippen LogP contribution is 2.21. The number of nitrogens with two attached hydrogens (primary N) is 1. The molecule has 5 heteroatoms. The van der Waals surface area contributed by atoms with Crippen LogP contribution in [0.25, 0.3) is 11.0 Å². The van der Waals surface area contributed by atoms with Crippen LogP contribution in [-0.4, -0.2) is 21.1 Å². The molecule has 0 radical (unpaired) electrons. The lowest BCUT2D eigenvalue weighted by Gasteiger charge is -2.19. The molecular weight excluding hydrogens is 254 g/mol. The molecule has 1 heterocycles. The lowest BCUT2D eigenvalue weighted by atomic mass is 10.1. The summed E-state index contributed by atoms with van der Waals surface area (Å²) in [5.74, 6) is 0.144. The van der Waals surface area contributed by atoms with Crippen LogP contribution in [0.2, 0.25) is 0 Å². The van der Waals surface area contributed by atoms with Crippen molar-refractivity contribution < 1.29 is 9.53 Å². The molecule has 0 saturated carbocycles. The number of hydrogen-bond donors (Lipinski definition) is 1. The Morgan fingerprint density at radius 3 is 2.70 bits per heavy atom. The van der Waals surface area contributed by atoms with Gasteiger partial charge in [-0.25, -0.2) is 9.78 Å². The van der Waals surface area contributed by atoms with E-state index in [-0.39, 0.29) is 5.97 Å². The van der Waals surface area contributed by atoms with E-state index in [1.165, 1.54) is 0 Å². The minimum absolute atomic E-state index is 0.331. The molecule has 0 unspecified atom stereocenters. The van der Waals surface area contributed by atoms with E-state index in [0.29, 0.717) is 11.5 Å². The number of ether oxygens (including phenoxy) is 1. The van der Waals surface area contributed by atoms with Gasteiger partial charge in [-0.1, -0.05) is 6.92 Å². The van der Waals surface area contributed by atoms with Gasteiger partial charge in [0, 0.05) is 6.54 Å². The summed E-state index contributed by atoms with van der Waals surface area (Å²) in [6, 6.07) is 5.32. The molecule has 108 valence electrons. The van der Waals surface area contributed by atoms with Crippen molar-refractivity contribution in [1.82, 2.24) is 9.55 Å². The van der Waals surface area contributed by atoms with Crippen molar-refractivity contribution in [2.24, 2.45) is 0 Å². The zero-order chi connectivity index (χ0) is 14.9. The van der Waals surface area contributed by atoms with Crippen LogP contribution >= 0.6 is 0 Å². The molecule has 0 amide bonds. The van der Waals surface area contributed by atoms with E-state index >= 15 is 0 Å². The monoisotopic (exact) mass is 275 g/mol. The molecule has 0 bridgehead atoms. The molecule has 20 heavy (non-hydrogen) atoms. The van der Waals surface area contributed by atoms with Gasteiger partial charge in [0.1, 0.15) is 5.60 Å². The minimum Gasteiger partial charge on any atom is -0.456 e. The van der Waals surface area contributed by atoms with Crippen LogP contribution in [0.5, 0.6) is 0 Å². The number of fused-ring (bicyclic) bond motifs is 1. The van der Waals surface area contributed by atoms with Crippen molar-refractivity contribution >= 4 is 23.0 Å². The molecule has 2 N–H and O–H groups in total. The van der Waals surface area contributed by atoms with Gasteiger partial charge in [0.15, 0.2) is 0 Å². The summed E-state index contributed by atoms with van der Waals surface area (Å²) in [4.78, 5) is 16.4. The van der Waals surface area contributed by atoms with Gasteiger partial charge in [0.05, 0.1) is 16.6 Å². The van der Waals surface area contributed by atoms with Crippen molar-refractivity contribution in [2.75, 3.05) is 5.73 Å². The summed E-state index contributed by atoms with van der Waals surface area (Å²) in [6.45, 7) is 8.40. The Morgan fingerprint density at radius 2 is 2.10 bits per heavy atom. The number of anilines is 1. The van der Waals surface area contributed by atoms with Gasteiger partial charge in [0.2, 0.25) is 5.95 Å². The predicted molar refractivity (Wildman–Crippen MR) is 79.6 cm³/mol. The summed E-state index contributed by atoms with van der Waals surface area (Å²) < 4.78 is 7.30. The Kier molecular flexibility index (Phi) is 3.70. The normalized spacial score (nSPS) is 11.8. The average Bonchev–Trinajstić information content (AvgIpc) is 2.64. The summed E-state index contributed by atoms with van der Waals surface area (Å²) >= 11 is 0. The lowest BCUT2D eigenvalue weighted by molar-refractivity contribution is 0.00697. The number of hydrogen-bond acceptors (Lipinski definition) is 4. The number of rotatable bonds is 3. The zero-order valence-corrected chi connectivity index (χ0v) is 12.4. The van der Waals surface area contributed by atoms with Crippen molar-refractivity contribution in [3.8, 4) is 0 Å². The van der Waals surface area contributed by atoms with Crippen molar-refractivity contribution in [3.05, 3.63) is 23.8 Å². The van der Waals surface area contributed by atoms with Gasteiger partial charge < -0.3 is 15.0 Å². The van der Waals surface area contributed by atoms with Crippen LogP contribution in [0.1, 0.15) is 44.5 Å². The summed E-state index contributed by atoms with van der Waals surface area (Å²) in [5, 5.41) is 0. The summed E-state index contributed by atoms with van der Waals surface area (Å²) in [6.07, 6.45) is 0.951. The molecule has 5 nitrogen and oxygen atoms in total. The van der Waals surface area contributed by atoms with Crippen LogP contribution in [0.3, 0.4) is 0 Å². The van der Waals surface area contributed by atoms with E-state index in [1.807, 2.05) is 25.3 Å². The zero-order valence-electron chi connectivity index (χ0n) is 12.4. The molecule has 0 aliphatic carbocycles. The predicted octanol–water partition coefficient (Wildman–Crippen LogP) is 2.98. The second-order valence-electron chi connectivity index (χ2n) is 5.83. The number of esters is 1. The smallest absolute Gasteiger partial charge is 0.338 e. The fourth-order valence-corrected chi connectivity index (χ4v) is 2.06. The Hall–Kier alpha value is -2.04. The number of nitrogens with zero attached hydrogens (tertiary/aromatic N) is 2. The molecule has 0 spiro atoms. The highest BCUT2D eigenvalue weighted by molar-refractivity contribution is 5.94. The van der Waals surface area contributed by atoms with E-state index in [0.717, 1.165) is 24.0 Å². The number of carbonyl (C=O) groups excluding carboxylic acids is 1. The molecule has 1 aromatic heterocycles. The second kappa shape index (κ2) is 5.15. The highest BCUT2D eigenvalue weighted by Gasteiger charge is 2.19. The molecule has 0 aliphatic heterocycles. The summed E-state index contributed by atoms with van der Waals surface area (Å²) in [5.41, 5.74) is 7.58. The average molecular weight is 275 g/mol. The van der Waals surface area contributed by atoms with E-state index in [4.69, 9.17) is 10.5 Å². The SMILES string of the molecule is CCCn1c(N)nc2ccc(C(=O)OC(C)(C)C)cc21. The van der Waals surface area contributed by atoms with Gasteiger partial charge in [-0.2, -0.15) is 0 Å². The van der Waals surface area contributed by atoms with Crippen molar-refractivity contribution in [1.29, 1.82) is 0 Å². The lowest BCUT2D eigenvalue weighted by Crippen LogP contribution is -2.23. The van der Waals surface area contributed by atoms with Crippen LogP contribution < -0.4 is 5.73 Å². The number of nitrogen functional groups attached to an aromatic ring is 1. The van der Waals surface area contributed by atoms with Crippen LogP contribution in [0, 0.1) is 0 Å². The first-order valence-corrected chi connectivity index (χ1v) is 6.81. The van der Waals surface area contributed by atoms with Crippen molar-refractivity contribution in [3.63, 3.8) is 0 Å². The van der Waals surface area contributed by atoms with Crippen LogP contribution in [-0.2, 0) is 11.3 Å².